The number of anilines is 1. The molecule has 0 saturated carbocycles. The van der Waals surface area contributed by atoms with Crippen LogP contribution in [0.4, 0.5) is 5.69 Å². The molecule has 1 aromatic rings. The minimum absolute atomic E-state index is 0.583. The van der Waals surface area contributed by atoms with E-state index >= 15 is 0 Å². The molecule has 2 unspecified atom stereocenters. The first-order valence-corrected chi connectivity index (χ1v) is 9.87. The summed E-state index contributed by atoms with van der Waals surface area (Å²) in [4.78, 5) is 10.3. The van der Waals surface area contributed by atoms with Gasteiger partial charge in [-0.2, -0.15) is 0 Å². The first-order chi connectivity index (χ1) is 12.7. The van der Waals surface area contributed by atoms with Crippen LogP contribution in [0, 0.1) is 5.92 Å². The number of piperidine rings is 1. The van der Waals surface area contributed by atoms with Gasteiger partial charge in [-0.25, -0.2) is 0 Å². The molecule has 2 bridgehead atoms. The zero-order valence-corrected chi connectivity index (χ0v) is 15.8. The van der Waals surface area contributed by atoms with Crippen molar-refractivity contribution in [2.75, 3.05) is 24.6 Å². The van der Waals surface area contributed by atoms with E-state index in [-0.39, 0.29) is 0 Å². The van der Waals surface area contributed by atoms with Crippen LogP contribution in [0.5, 0.6) is 5.75 Å². The van der Waals surface area contributed by atoms with Crippen LogP contribution in [0.2, 0.25) is 0 Å². The van der Waals surface area contributed by atoms with E-state index in [1.807, 2.05) is 19.1 Å². The summed E-state index contributed by atoms with van der Waals surface area (Å²) in [6, 6.07) is 9.54. The first-order valence-electron chi connectivity index (χ1n) is 9.87. The fourth-order valence-electron chi connectivity index (χ4n) is 4.57. The van der Waals surface area contributed by atoms with E-state index in [4.69, 9.17) is 9.57 Å². The highest BCUT2D eigenvalue weighted by atomic mass is 16.6. The third-order valence-electron chi connectivity index (χ3n) is 5.68. The van der Waals surface area contributed by atoms with Gasteiger partial charge in [0.15, 0.2) is 0 Å². The van der Waals surface area contributed by atoms with Crippen molar-refractivity contribution in [1.29, 1.82) is 0 Å². The topological polar surface area (TPSA) is 37.3 Å². The molecule has 0 amide bonds. The second kappa shape index (κ2) is 7.70. The predicted octanol–water partition coefficient (Wildman–Crippen LogP) is 4.01. The van der Waals surface area contributed by atoms with Gasteiger partial charge < -0.3 is 14.5 Å². The maximum absolute atomic E-state index is 5.62. The van der Waals surface area contributed by atoms with Gasteiger partial charge in [-0.05, 0) is 37.8 Å². The molecule has 5 nitrogen and oxygen atoms in total. The fraction of sp³-hybridized carbons (Fsp3) is 0.571. The standard InChI is InChI=1S/C21H29N3O2/c1-3-26-22-17-12-18-8-9-19(13-17)24(18)15-16(2)14-23-10-11-25-21-7-5-4-6-20(21)23/h4-7,10-11,16,18-19H,3,8-9,12-15H2,1-2H3/t16-,18?,19?/m0/s1. The van der Waals surface area contributed by atoms with Gasteiger partial charge in [0.2, 0.25) is 0 Å². The van der Waals surface area contributed by atoms with Gasteiger partial charge in [-0.3, -0.25) is 4.90 Å². The smallest absolute Gasteiger partial charge is 0.150 e. The Hall–Kier alpha value is -2.01. The summed E-state index contributed by atoms with van der Waals surface area (Å²) in [5.41, 5.74) is 2.42. The second-order valence-electron chi connectivity index (χ2n) is 7.69. The number of para-hydroxylation sites is 2. The minimum atomic E-state index is 0.583. The Kier molecular flexibility index (Phi) is 5.16. The number of fused-ring (bicyclic) bond motifs is 3. The van der Waals surface area contributed by atoms with Gasteiger partial charge in [0, 0.05) is 44.2 Å². The lowest BCUT2D eigenvalue weighted by Crippen LogP contribution is -2.46. The van der Waals surface area contributed by atoms with Gasteiger partial charge in [0.05, 0.1) is 11.4 Å². The first kappa shape index (κ1) is 17.4. The molecule has 2 fully saturated rings. The van der Waals surface area contributed by atoms with Crippen LogP contribution >= 0.6 is 0 Å². The summed E-state index contributed by atoms with van der Waals surface area (Å²) in [5, 5.41) is 4.33. The molecule has 1 aromatic carbocycles. The maximum Gasteiger partial charge on any atom is 0.150 e. The molecule has 3 aliphatic heterocycles. The van der Waals surface area contributed by atoms with Crippen molar-refractivity contribution in [2.24, 2.45) is 11.1 Å². The molecule has 2 saturated heterocycles. The Bertz CT molecular complexity index is 672. The monoisotopic (exact) mass is 355 g/mol. The normalized spacial score (nSPS) is 25.6. The predicted molar refractivity (Wildman–Crippen MR) is 105 cm³/mol. The van der Waals surface area contributed by atoms with Gasteiger partial charge in [0.1, 0.15) is 18.6 Å². The Labute approximate surface area is 156 Å². The number of oxime groups is 1. The van der Waals surface area contributed by atoms with E-state index in [1.165, 1.54) is 18.6 Å². The number of hydrogen-bond donors (Lipinski definition) is 0. The largest absolute Gasteiger partial charge is 0.461 e. The SMILES string of the molecule is CCON=C1CC2CCC(C1)N2C[C@@H](C)CN1C=COc2ccccc21. The molecular weight excluding hydrogens is 326 g/mol. The van der Waals surface area contributed by atoms with Crippen molar-refractivity contribution in [3.8, 4) is 5.75 Å². The molecule has 3 atom stereocenters. The highest BCUT2D eigenvalue weighted by Gasteiger charge is 2.39. The van der Waals surface area contributed by atoms with E-state index in [0.717, 1.165) is 37.4 Å². The van der Waals surface area contributed by atoms with Gasteiger partial charge in [-0.15, -0.1) is 0 Å². The number of nitrogens with zero attached hydrogens (tertiary/aromatic N) is 3. The molecule has 5 heteroatoms. The summed E-state index contributed by atoms with van der Waals surface area (Å²) in [7, 11) is 0. The molecule has 26 heavy (non-hydrogen) atoms. The zero-order chi connectivity index (χ0) is 17.9. The molecule has 0 spiro atoms. The quantitative estimate of drug-likeness (QED) is 0.723. The van der Waals surface area contributed by atoms with Crippen LogP contribution in [0.25, 0.3) is 0 Å². The maximum atomic E-state index is 5.62. The zero-order valence-electron chi connectivity index (χ0n) is 15.8. The van der Waals surface area contributed by atoms with Crippen molar-refractivity contribution in [3.05, 3.63) is 36.7 Å². The molecule has 3 aliphatic rings. The van der Waals surface area contributed by atoms with Crippen LogP contribution < -0.4 is 9.64 Å². The van der Waals surface area contributed by atoms with Gasteiger partial charge in [0.25, 0.3) is 0 Å². The lowest BCUT2D eigenvalue weighted by atomic mass is 9.98. The van der Waals surface area contributed by atoms with Crippen molar-refractivity contribution < 1.29 is 9.57 Å². The molecule has 3 heterocycles. The lowest BCUT2D eigenvalue weighted by Gasteiger charge is -2.38. The van der Waals surface area contributed by atoms with E-state index in [9.17, 15) is 0 Å². The third-order valence-corrected chi connectivity index (χ3v) is 5.68. The summed E-state index contributed by atoms with van der Waals surface area (Å²) >= 11 is 0. The highest BCUT2D eigenvalue weighted by Crippen LogP contribution is 2.36. The van der Waals surface area contributed by atoms with E-state index in [1.54, 1.807) is 6.26 Å². The van der Waals surface area contributed by atoms with Crippen LogP contribution in [0.15, 0.2) is 41.9 Å². The number of hydrogen-bond acceptors (Lipinski definition) is 5. The second-order valence-corrected chi connectivity index (χ2v) is 7.69. The van der Waals surface area contributed by atoms with Crippen molar-refractivity contribution >= 4 is 11.4 Å². The van der Waals surface area contributed by atoms with Crippen LogP contribution in [0.1, 0.15) is 39.5 Å². The Balaban J connectivity index is 1.37. The minimum Gasteiger partial charge on any atom is -0.461 e. The number of rotatable bonds is 6. The third kappa shape index (κ3) is 3.58. The molecule has 0 aromatic heterocycles. The van der Waals surface area contributed by atoms with E-state index in [2.05, 4.69) is 40.2 Å². The van der Waals surface area contributed by atoms with Crippen LogP contribution in [0.3, 0.4) is 0 Å². The summed E-state index contributed by atoms with van der Waals surface area (Å²) in [6.07, 6.45) is 8.57. The Morgan fingerprint density at radius 1 is 1.19 bits per heavy atom. The molecule has 140 valence electrons. The molecule has 4 rings (SSSR count). The fourth-order valence-corrected chi connectivity index (χ4v) is 4.57. The van der Waals surface area contributed by atoms with E-state index < -0.39 is 0 Å². The average molecular weight is 355 g/mol. The Morgan fingerprint density at radius 3 is 2.73 bits per heavy atom. The highest BCUT2D eigenvalue weighted by molar-refractivity contribution is 5.86. The number of benzene rings is 1. The number of ether oxygens (including phenoxy) is 1. The van der Waals surface area contributed by atoms with Crippen molar-refractivity contribution in [3.63, 3.8) is 0 Å². The van der Waals surface area contributed by atoms with E-state index in [0.29, 0.717) is 24.6 Å². The summed E-state index contributed by atoms with van der Waals surface area (Å²) in [6.45, 7) is 7.16. The molecular formula is C21H29N3O2. The van der Waals surface area contributed by atoms with Gasteiger partial charge >= 0.3 is 0 Å². The van der Waals surface area contributed by atoms with Crippen molar-refractivity contribution in [1.82, 2.24) is 4.90 Å². The lowest BCUT2D eigenvalue weighted by molar-refractivity contribution is 0.138. The summed E-state index contributed by atoms with van der Waals surface area (Å²) < 4.78 is 5.62. The Morgan fingerprint density at radius 2 is 1.96 bits per heavy atom. The van der Waals surface area contributed by atoms with Crippen LogP contribution in [-0.4, -0.2) is 42.4 Å². The van der Waals surface area contributed by atoms with Crippen LogP contribution in [-0.2, 0) is 4.84 Å². The molecule has 0 radical (unpaired) electrons. The van der Waals surface area contributed by atoms with Crippen molar-refractivity contribution in [2.45, 2.75) is 51.6 Å². The molecule has 0 aliphatic carbocycles. The molecule has 0 N–H and O–H groups in total. The van der Waals surface area contributed by atoms with Gasteiger partial charge in [-0.1, -0.05) is 24.2 Å². The average Bonchev–Trinajstić information content (AvgIpc) is 2.89. The summed E-state index contributed by atoms with van der Waals surface area (Å²) in [5.74, 6) is 1.52.